The second kappa shape index (κ2) is 10.1. The van der Waals surface area contributed by atoms with Gasteiger partial charge in [-0.25, -0.2) is 9.69 Å². The molecule has 0 spiro atoms. The molecule has 0 aromatic heterocycles. The van der Waals surface area contributed by atoms with Crippen LogP contribution in [0.4, 0.5) is 10.5 Å². The lowest BCUT2D eigenvalue weighted by atomic mass is 10.1. The minimum Gasteiger partial charge on any atom is -0.487 e. The molecule has 35 heavy (non-hydrogen) atoms. The van der Waals surface area contributed by atoms with Crippen molar-refractivity contribution in [1.29, 1.82) is 0 Å². The summed E-state index contributed by atoms with van der Waals surface area (Å²) in [5.41, 5.74) is 3.03. The molecule has 9 heteroatoms. The molecular formula is C26H19Cl3N2O4. The molecule has 3 aromatic rings. The largest absolute Gasteiger partial charge is 0.487 e. The zero-order valence-corrected chi connectivity index (χ0v) is 21.0. The molecule has 4 rings (SSSR count). The summed E-state index contributed by atoms with van der Waals surface area (Å²) >= 11 is 18.8. The van der Waals surface area contributed by atoms with Crippen molar-refractivity contribution < 1.29 is 19.1 Å². The predicted molar refractivity (Wildman–Crippen MR) is 137 cm³/mol. The molecule has 0 unspecified atom stereocenters. The van der Waals surface area contributed by atoms with Gasteiger partial charge < -0.3 is 4.74 Å². The first-order valence-electron chi connectivity index (χ1n) is 10.5. The van der Waals surface area contributed by atoms with E-state index in [4.69, 9.17) is 39.5 Å². The van der Waals surface area contributed by atoms with Crippen molar-refractivity contribution in [3.63, 3.8) is 0 Å². The number of hydrogen-bond donors (Lipinski definition) is 1. The van der Waals surface area contributed by atoms with Crippen LogP contribution in [-0.2, 0) is 16.2 Å². The summed E-state index contributed by atoms with van der Waals surface area (Å²) in [6, 6.07) is 14.6. The predicted octanol–water partition coefficient (Wildman–Crippen LogP) is 6.51. The molecule has 3 aromatic carbocycles. The number of nitrogens with zero attached hydrogens (tertiary/aromatic N) is 1. The number of rotatable bonds is 5. The van der Waals surface area contributed by atoms with E-state index < -0.39 is 17.8 Å². The normalized spacial score (nSPS) is 14.9. The van der Waals surface area contributed by atoms with Gasteiger partial charge in [-0.2, -0.15) is 0 Å². The van der Waals surface area contributed by atoms with Gasteiger partial charge in [0.15, 0.2) is 0 Å². The van der Waals surface area contributed by atoms with Crippen molar-refractivity contribution in [2.45, 2.75) is 20.5 Å². The third-order valence-corrected chi connectivity index (χ3v) is 6.26. The second-order valence-corrected chi connectivity index (χ2v) is 9.22. The van der Waals surface area contributed by atoms with Crippen LogP contribution in [0.5, 0.6) is 5.75 Å². The van der Waals surface area contributed by atoms with E-state index in [-0.39, 0.29) is 33.7 Å². The fraction of sp³-hybridized carbons (Fsp3) is 0.115. The molecule has 0 radical (unpaired) electrons. The molecule has 1 fully saturated rings. The average molecular weight is 530 g/mol. The molecule has 1 aliphatic heterocycles. The number of anilines is 1. The van der Waals surface area contributed by atoms with E-state index >= 15 is 0 Å². The number of urea groups is 1. The maximum Gasteiger partial charge on any atom is 0.335 e. The minimum atomic E-state index is -0.878. The van der Waals surface area contributed by atoms with Crippen LogP contribution in [0.2, 0.25) is 15.1 Å². The number of barbiturate groups is 1. The molecule has 0 saturated carbocycles. The Morgan fingerprint density at radius 1 is 0.914 bits per heavy atom. The number of carbonyl (C=O) groups is 3. The van der Waals surface area contributed by atoms with E-state index in [1.807, 2.05) is 31.2 Å². The molecular weight excluding hydrogens is 511 g/mol. The van der Waals surface area contributed by atoms with Crippen LogP contribution in [0.3, 0.4) is 0 Å². The van der Waals surface area contributed by atoms with Gasteiger partial charge in [0, 0.05) is 15.6 Å². The first-order chi connectivity index (χ1) is 16.6. The Hall–Kier alpha value is -3.32. The lowest BCUT2D eigenvalue weighted by Crippen LogP contribution is -2.54. The number of benzene rings is 3. The highest BCUT2D eigenvalue weighted by molar-refractivity contribution is 6.40. The van der Waals surface area contributed by atoms with Crippen LogP contribution < -0.4 is 15.0 Å². The van der Waals surface area contributed by atoms with E-state index in [9.17, 15) is 14.4 Å². The Kier molecular flexibility index (Phi) is 7.17. The van der Waals surface area contributed by atoms with Gasteiger partial charge in [-0.3, -0.25) is 14.9 Å². The Balaban J connectivity index is 1.71. The van der Waals surface area contributed by atoms with Gasteiger partial charge >= 0.3 is 6.03 Å². The van der Waals surface area contributed by atoms with Gasteiger partial charge in [0.1, 0.15) is 17.9 Å². The van der Waals surface area contributed by atoms with Crippen LogP contribution in [0.1, 0.15) is 22.3 Å². The Labute approximate surface area is 217 Å². The van der Waals surface area contributed by atoms with Crippen molar-refractivity contribution >= 4 is 64.4 Å². The summed E-state index contributed by atoms with van der Waals surface area (Å²) in [5.74, 6) is -1.43. The maximum absolute atomic E-state index is 13.3. The summed E-state index contributed by atoms with van der Waals surface area (Å²) in [6.45, 7) is 3.97. The van der Waals surface area contributed by atoms with E-state index in [2.05, 4.69) is 5.32 Å². The molecule has 4 amide bonds. The summed E-state index contributed by atoms with van der Waals surface area (Å²) < 4.78 is 5.95. The summed E-state index contributed by atoms with van der Waals surface area (Å²) in [4.78, 5) is 39.2. The zero-order valence-electron chi connectivity index (χ0n) is 18.7. The quantitative estimate of drug-likeness (QED) is 0.302. The number of nitrogens with one attached hydrogen (secondary N) is 1. The third-order valence-electron chi connectivity index (χ3n) is 5.36. The van der Waals surface area contributed by atoms with Gasteiger partial charge in [0.25, 0.3) is 11.8 Å². The lowest BCUT2D eigenvalue weighted by Gasteiger charge is -2.26. The zero-order chi connectivity index (χ0) is 25.3. The van der Waals surface area contributed by atoms with Crippen molar-refractivity contribution in [1.82, 2.24) is 5.32 Å². The van der Waals surface area contributed by atoms with E-state index in [1.54, 1.807) is 19.1 Å². The number of ether oxygens (including phenoxy) is 1. The first kappa shape index (κ1) is 24.8. The monoisotopic (exact) mass is 528 g/mol. The minimum absolute atomic E-state index is 0.199. The number of amides is 4. The Morgan fingerprint density at radius 2 is 1.63 bits per heavy atom. The van der Waals surface area contributed by atoms with Crippen molar-refractivity contribution in [3.05, 3.63) is 97.5 Å². The highest BCUT2D eigenvalue weighted by Crippen LogP contribution is 2.35. The van der Waals surface area contributed by atoms with Gasteiger partial charge in [-0.15, -0.1) is 0 Å². The molecule has 0 atom stereocenters. The highest BCUT2D eigenvalue weighted by atomic mass is 35.5. The smallest absolute Gasteiger partial charge is 0.335 e. The highest BCUT2D eigenvalue weighted by Gasteiger charge is 2.37. The SMILES string of the molecule is Cc1ccc(COc2c(Cl)cc(Cl)cc2/C=C2\C(=O)NC(=O)N(c3ccc(C)c(Cl)c3)C2=O)cc1. The standard InChI is InChI=1S/C26H19Cl3N2O4/c1-14-3-6-16(7-4-14)13-35-23-17(9-18(27)11-22(23)29)10-20-24(32)30-26(34)31(25(20)33)19-8-5-15(2)21(28)12-19/h3-12H,13H2,1-2H3,(H,30,32,34)/b20-10+. The van der Waals surface area contributed by atoms with Crippen molar-refractivity contribution in [3.8, 4) is 5.75 Å². The molecule has 0 bridgehead atoms. The summed E-state index contributed by atoms with van der Waals surface area (Å²) in [6.07, 6.45) is 1.30. The molecule has 6 nitrogen and oxygen atoms in total. The van der Waals surface area contributed by atoms with Gasteiger partial charge in [-0.1, -0.05) is 70.7 Å². The van der Waals surface area contributed by atoms with Crippen LogP contribution in [0, 0.1) is 13.8 Å². The van der Waals surface area contributed by atoms with Crippen molar-refractivity contribution in [2.75, 3.05) is 4.90 Å². The van der Waals surface area contributed by atoms with Crippen LogP contribution in [0.25, 0.3) is 6.08 Å². The van der Waals surface area contributed by atoms with Gasteiger partial charge in [0.05, 0.1) is 10.7 Å². The molecule has 1 N–H and O–H groups in total. The lowest BCUT2D eigenvalue weighted by molar-refractivity contribution is -0.122. The summed E-state index contributed by atoms with van der Waals surface area (Å²) in [5, 5.41) is 3.05. The maximum atomic E-state index is 13.3. The van der Waals surface area contributed by atoms with Crippen LogP contribution in [-0.4, -0.2) is 17.8 Å². The molecule has 178 valence electrons. The van der Waals surface area contributed by atoms with Gasteiger partial charge in [0.2, 0.25) is 0 Å². The Morgan fingerprint density at radius 3 is 2.31 bits per heavy atom. The van der Waals surface area contributed by atoms with Gasteiger partial charge in [-0.05, 0) is 55.3 Å². The van der Waals surface area contributed by atoms with Crippen LogP contribution in [0.15, 0.2) is 60.2 Å². The van der Waals surface area contributed by atoms with Crippen molar-refractivity contribution in [2.24, 2.45) is 0 Å². The van der Waals surface area contributed by atoms with E-state index in [0.717, 1.165) is 21.6 Å². The Bertz CT molecular complexity index is 1380. The third kappa shape index (κ3) is 5.35. The van der Waals surface area contributed by atoms with E-state index in [0.29, 0.717) is 10.6 Å². The number of aryl methyl sites for hydroxylation is 2. The fourth-order valence-electron chi connectivity index (χ4n) is 3.45. The van der Waals surface area contributed by atoms with E-state index in [1.165, 1.54) is 24.3 Å². The fourth-order valence-corrected chi connectivity index (χ4v) is 4.19. The van der Waals surface area contributed by atoms with Crippen LogP contribution >= 0.6 is 34.8 Å². The summed E-state index contributed by atoms with van der Waals surface area (Å²) in [7, 11) is 0. The topological polar surface area (TPSA) is 75.7 Å². The molecule has 1 heterocycles. The number of halogens is 3. The second-order valence-electron chi connectivity index (χ2n) is 7.97. The molecule has 0 aliphatic carbocycles. The first-order valence-corrected chi connectivity index (χ1v) is 11.6. The average Bonchev–Trinajstić information content (AvgIpc) is 2.79. The number of imide groups is 2. The molecule has 1 aliphatic rings. The number of carbonyl (C=O) groups excluding carboxylic acids is 3. The number of hydrogen-bond acceptors (Lipinski definition) is 4. The molecule has 1 saturated heterocycles.